The summed E-state index contributed by atoms with van der Waals surface area (Å²) in [6.45, 7) is 6.16. The Bertz CT molecular complexity index is 337. The summed E-state index contributed by atoms with van der Waals surface area (Å²) in [5.74, 6) is 0.245. The lowest BCUT2D eigenvalue weighted by molar-refractivity contribution is -0.135. The van der Waals surface area contributed by atoms with E-state index in [-0.39, 0.29) is 11.8 Å². The summed E-state index contributed by atoms with van der Waals surface area (Å²) in [5.41, 5.74) is 1.18. The monoisotopic (exact) mass is 234 g/mol. The fourth-order valence-corrected chi connectivity index (χ4v) is 1.85. The van der Waals surface area contributed by atoms with E-state index in [0.29, 0.717) is 6.54 Å². The molecule has 0 aliphatic heterocycles. The molecular formula is C14H22N2O. The highest BCUT2D eigenvalue weighted by Crippen LogP contribution is 2.08. The molecule has 0 radical (unpaired) electrons. The molecule has 1 aromatic carbocycles. The van der Waals surface area contributed by atoms with Gasteiger partial charge in [-0.2, -0.15) is 0 Å². The maximum Gasteiger partial charge on any atom is 0.226 e. The molecule has 0 aromatic heterocycles. The molecule has 94 valence electrons. The lowest BCUT2D eigenvalue weighted by atomic mass is 10.1. The molecule has 17 heavy (non-hydrogen) atoms. The van der Waals surface area contributed by atoms with E-state index in [2.05, 4.69) is 17.4 Å². The van der Waals surface area contributed by atoms with Crippen molar-refractivity contribution in [2.75, 3.05) is 20.1 Å². The highest BCUT2D eigenvalue weighted by molar-refractivity contribution is 5.78. The summed E-state index contributed by atoms with van der Waals surface area (Å²) in [4.78, 5) is 14.1. The number of benzene rings is 1. The molecule has 0 aliphatic carbocycles. The van der Waals surface area contributed by atoms with Crippen LogP contribution in [-0.2, 0) is 11.3 Å². The quantitative estimate of drug-likeness (QED) is 0.815. The Kier molecular flexibility index (Phi) is 5.70. The van der Waals surface area contributed by atoms with Crippen LogP contribution in [0.5, 0.6) is 0 Å². The second-order valence-corrected chi connectivity index (χ2v) is 4.30. The minimum absolute atomic E-state index is 0.0312. The molecule has 0 spiro atoms. The van der Waals surface area contributed by atoms with Crippen molar-refractivity contribution in [1.29, 1.82) is 0 Å². The van der Waals surface area contributed by atoms with Crippen LogP contribution in [0.4, 0.5) is 0 Å². The van der Waals surface area contributed by atoms with E-state index in [1.165, 1.54) is 5.56 Å². The van der Waals surface area contributed by atoms with Crippen molar-refractivity contribution < 1.29 is 4.79 Å². The molecular weight excluding hydrogens is 212 g/mol. The first-order chi connectivity index (χ1) is 8.19. The summed E-state index contributed by atoms with van der Waals surface area (Å²) in [7, 11) is 1.87. The first-order valence-electron chi connectivity index (χ1n) is 6.16. The predicted molar refractivity (Wildman–Crippen MR) is 70.6 cm³/mol. The van der Waals surface area contributed by atoms with Crippen molar-refractivity contribution in [3.8, 4) is 0 Å². The molecule has 1 N–H and O–H groups in total. The van der Waals surface area contributed by atoms with Crippen molar-refractivity contribution in [2.24, 2.45) is 5.92 Å². The molecule has 0 heterocycles. The number of rotatable bonds is 6. The topological polar surface area (TPSA) is 32.3 Å². The highest BCUT2D eigenvalue weighted by atomic mass is 16.2. The molecule has 1 rings (SSSR count). The molecule has 1 unspecified atom stereocenters. The van der Waals surface area contributed by atoms with E-state index in [0.717, 1.165) is 13.1 Å². The standard InChI is InChI=1S/C14H22N2O/c1-4-16(14(17)12(2)10-15-3)11-13-8-6-5-7-9-13/h5-9,12,15H,4,10-11H2,1-3H3. The normalized spacial score (nSPS) is 12.2. The minimum atomic E-state index is 0.0312. The van der Waals surface area contributed by atoms with Crippen molar-refractivity contribution in [3.63, 3.8) is 0 Å². The maximum atomic E-state index is 12.2. The van der Waals surface area contributed by atoms with Gasteiger partial charge in [0, 0.05) is 25.6 Å². The molecule has 3 nitrogen and oxygen atoms in total. The van der Waals surface area contributed by atoms with Gasteiger partial charge in [-0.3, -0.25) is 4.79 Å². The van der Waals surface area contributed by atoms with Gasteiger partial charge in [-0.25, -0.2) is 0 Å². The molecule has 0 aliphatic rings. The fourth-order valence-electron chi connectivity index (χ4n) is 1.85. The molecule has 0 bridgehead atoms. The zero-order valence-electron chi connectivity index (χ0n) is 10.9. The Labute approximate surface area is 104 Å². The molecule has 0 fully saturated rings. The average Bonchev–Trinajstić information content (AvgIpc) is 2.36. The summed E-state index contributed by atoms with van der Waals surface area (Å²) in [5, 5.41) is 3.04. The van der Waals surface area contributed by atoms with Crippen LogP contribution in [-0.4, -0.2) is 30.9 Å². The van der Waals surface area contributed by atoms with Crippen LogP contribution < -0.4 is 5.32 Å². The molecule has 1 amide bonds. The zero-order valence-corrected chi connectivity index (χ0v) is 10.9. The van der Waals surface area contributed by atoms with Gasteiger partial charge in [-0.05, 0) is 19.5 Å². The third-order valence-electron chi connectivity index (χ3n) is 2.84. The predicted octanol–water partition coefficient (Wildman–Crippen LogP) is 1.89. The van der Waals surface area contributed by atoms with Crippen molar-refractivity contribution in [1.82, 2.24) is 10.2 Å². The van der Waals surface area contributed by atoms with E-state index in [4.69, 9.17) is 0 Å². The lowest BCUT2D eigenvalue weighted by Crippen LogP contribution is -2.38. The summed E-state index contributed by atoms with van der Waals surface area (Å²) in [6, 6.07) is 10.1. The Morgan fingerprint density at radius 1 is 1.35 bits per heavy atom. The van der Waals surface area contributed by atoms with Crippen LogP contribution in [0.15, 0.2) is 30.3 Å². The van der Waals surface area contributed by atoms with Crippen LogP contribution in [0, 0.1) is 5.92 Å². The van der Waals surface area contributed by atoms with E-state index in [1.54, 1.807) is 0 Å². The van der Waals surface area contributed by atoms with Crippen molar-refractivity contribution in [2.45, 2.75) is 20.4 Å². The second-order valence-electron chi connectivity index (χ2n) is 4.30. The van der Waals surface area contributed by atoms with Gasteiger partial charge < -0.3 is 10.2 Å². The van der Waals surface area contributed by atoms with Gasteiger partial charge in [-0.1, -0.05) is 37.3 Å². The van der Waals surface area contributed by atoms with Crippen LogP contribution in [0.2, 0.25) is 0 Å². The van der Waals surface area contributed by atoms with E-state index < -0.39 is 0 Å². The molecule has 1 aromatic rings. The molecule has 3 heteroatoms. The Morgan fingerprint density at radius 3 is 2.53 bits per heavy atom. The lowest BCUT2D eigenvalue weighted by Gasteiger charge is -2.24. The van der Waals surface area contributed by atoms with E-state index in [9.17, 15) is 4.79 Å². The summed E-state index contributed by atoms with van der Waals surface area (Å²) in [6.07, 6.45) is 0. The Morgan fingerprint density at radius 2 is 2.00 bits per heavy atom. The summed E-state index contributed by atoms with van der Waals surface area (Å²) < 4.78 is 0. The number of hydrogen-bond donors (Lipinski definition) is 1. The first-order valence-corrected chi connectivity index (χ1v) is 6.16. The van der Waals surface area contributed by atoms with Gasteiger partial charge in [0.05, 0.1) is 0 Å². The zero-order chi connectivity index (χ0) is 12.7. The van der Waals surface area contributed by atoms with Gasteiger partial charge in [0.2, 0.25) is 5.91 Å². The van der Waals surface area contributed by atoms with Gasteiger partial charge in [0.1, 0.15) is 0 Å². The molecule has 1 atom stereocenters. The fraction of sp³-hybridized carbons (Fsp3) is 0.500. The Balaban J connectivity index is 2.62. The maximum absolute atomic E-state index is 12.2. The smallest absolute Gasteiger partial charge is 0.226 e. The number of carbonyl (C=O) groups excluding carboxylic acids is 1. The number of nitrogens with zero attached hydrogens (tertiary/aromatic N) is 1. The van der Waals surface area contributed by atoms with Gasteiger partial charge in [-0.15, -0.1) is 0 Å². The Hall–Kier alpha value is -1.35. The van der Waals surface area contributed by atoms with Crippen molar-refractivity contribution >= 4 is 5.91 Å². The number of nitrogens with one attached hydrogen (secondary N) is 1. The SMILES string of the molecule is CCN(Cc1ccccc1)C(=O)C(C)CNC. The number of hydrogen-bond acceptors (Lipinski definition) is 2. The van der Waals surface area contributed by atoms with Crippen LogP contribution >= 0.6 is 0 Å². The molecule has 0 saturated heterocycles. The van der Waals surface area contributed by atoms with Gasteiger partial charge >= 0.3 is 0 Å². The number of amides is 1. The number of carbonyl (C=O) groups is 1. The molecule has 0 saturated carbocycles. The van der Waals surface area contributed by atoms with Crippen LogP contribution in [0.25, 0.3) is 0 Å². The van der Waals surface area contributed by atoms with Crippen LogP contribution in [0.3, 0.4) is 0 Å². The van der Waals surface area contributed by atoms with E-state index >= 15 is 0 Å². The largest absolute Gasteiger partial charge is 0.338 e. The van der Waals surface area contributed by atoms with Crippen LogP contribution in [0.1, 0.15) is 19.4 Å². The summed E-state index contributed by atoms with van der Waals surface area (Å²) >= 11 is 0. The first kappa shape index (κ1) is 13.7. The van der Waals surface area contributed by atoms with Gasteiger partial charge in [0.15, 0.2) is 0 Å². The second kappa shape index (κ2) is 7.07. The van der Waals surface area contributed by atoms with Crippen molar-refractivity contribution in [3.05, 3.63) is 35.9 Å². The minimum Gasteiger partial charge on any atom is -0.338 e. The third kappa shape index (κ3) is 4.19. The van der Waals surface area contributed by atoms with Gasteiger partial charge in [0.25, 0.3) is 0 Å². The third-order valence-corrected chi connectivity index (χ3v) is 2.84. The highest BCUT2D eigenvalue weighted by Gasteiger charge is 2.18. The average molecular weight is 234 g/mol. The van der Waals surface area contributed by atoms with E-state index in [1.807, 2.05) is 44.0 Å².